The molecule has 2 fully saturated rings. The van der Waals surface area contributed by atoms with Crippen LogP contribution in [0.3, 0.4) is 0 Å². The SMILES string of the molecule is C[C@@H]1Cc2cc(OP)ccc2C2CCC3(C)C(=CCOCCO)CCC3C21. The summed E-state index contributed by atoms with van der Waals surface area (Å²) in [6.45, 7) is 6.15. The molecule has 1 aromatic rings. The number of aliphatic hydroxyl groups is 1. The minimum absolute atomic E-state index is 0.104. The normalized spacial score (nSPS) is 36.2. The van der Waals surface area contributed by atoms with Crippen LogP contribution in [0, 0.1) is 23.2 Å². The molecule has 6 atom stereocenters. The third kappa shape index (κ3) is 3.37. The Hall–Kier alpha value is -0.890. The molecule has 4 rings (SSSR count). The van der Waals surface area contributed by atoms with Gasteiger partial charge < -0.3 is 14.4 Å². The summed E-state index contributed by atoms with van der Waals surface area (Å²) in [7, 11) is 2.37. The minimum Gasteiger partial charge on any atom is -0.480 e. The molecule has 0 amide bonds. The number of benzene rings is 1. The summed E-state index contributed by atoms with van der Waals surface area (Å²) in [6, 6.07) is 6.71. The molecular formula is C23H33O3P. The van der Waals surface area contributed by atoms with Crippen molar-refractivity contribution in [3.8, 4) is 5.75 Å². The van der Waals surface area contributed by atoms with Crippen molar-refractivity contribution in [3.05, 3.63) is 41.0 Å². The summed E-state index contributed by atoms with van der Waals surface area (Å²) >= 11 is 0. The van der Waals surface area contributed by atoms with Crippen molar-refractivity contribution < 1.29 is 14.4 Å². The highest BCUT2D eigenvalue weighted by Crippen LogP contribution is 2.63. The molecule has 27 heavy (non-hydrogen) atoms. The standard InChI is InChI=1S/C23H33O3P/c1-15-13-16-14-18(26-27)4-5-19(16)20-7-9-23(2)17(8-11-25-12-10-24)3-6-21(23)22(15)20/h4-5,8,14-15,20-22,24H,3,6-7,9-13,27H2,1-2H3/t15-,20?,21?,22?,23?/m1/s1. The predicted molar refractivity (Wildman–Crippen MR) is 112 cm³/mol. The number of hydrogen-bond acceptors (Lipinski definition) is 3. The summed E-state index contributed by atoms with van der Waals surface area (Å²) in [5.41, 5.74) is 5.01. The Balaban J connectivity index is 1.59. The van der Waals surface area contributed by atoms with Gasteiger partial charge in [0.15, 0.2) is 0 Å². The van der Waals surface area contributed by atoms with Crippen molar-refractivity contribution in [2.45, 2.75) is 51.9 Å². The number of rotatable bonds is 5. The molecule has 0 aromatic heterocycles. The van der Waals surface area contributed by atoms with E-state index in [0.717, 1.165) is 23.5 Å². The Bertz CT molecular complexity index is 716. The number of fused-ring (bicyclic) bond motifs is 5. The van der Waals surface area contributed by atoms with Crippen LogP contribution in [0.2, 0.25) is 0 Å². The van der Waals surface area contributed by atoms with Crippen LogP contribution >= 0.6 is 9.47 Å². The fourth-order valence-corrected chi connectivity index (χ4v) is 6.67. The zero-order chi connectivity index (χ0) is 19.0. The van der Waals surface area contributed by atoms with Crippen molar-refractivity contribution in [3.63, 3.8) is 0 Å². The van der Waals surface area contributed by atoms with Crippen LogP contribution in [0.5, 0.6) is 5.75 Å². The van der Waals surface area contributed by atoms with Gasteiger partial charge >= 0.3 is 0 Å². The molecule has 4 heteroatoms. The molecule has 5 unspecified atom stereocenters. The second-order valence-corrected chi connectivity index (χ2v) is 9.21. The Morgan fingerprint density at radius 2 is 2.19 bits per heavy atom. The Labute approximate surface area is 165 Å². The van der Waals surface area contributed by atoms with Crippen LogP contribution < -0.4 is 4.52 Å². The van der Waals surface area contributed by atoms with Crippen molar-refractivity contribution in [1.29, 1.82) is 0 Å². The average Bonchev–Trinajstić information content (AvgIpc) is 3.01. The fourth-order valence-electron chi connectivity index (χ4n) is 6.52. The van der Waals surface area contributed by atoms with Crippen LogP contribution in [0.4, 0.5) is 0 Å². The van der Waals surface area contributed by atoms with Gasteiger partial charge in [-0.3, -0.25) is 0 Å². The topological polar surface area (TPSA) is 38.7 Å². The lowest BCUT2D eigenvalue weighted by atomic mass is 9.52. The van der Waals surface area contributed by atoms with E-state index in [4.69, 9.17) is 14.4 Å². The molecule has 148 valence electrons. The van der Waals surface area contributed by atoms with E-state index in [1.165, 1.54) is 37.7 Å². The van der Waals surface area contributed by atoms with E-state index in [1.807, 2.05) is 0 Å². The Morgan fingerprint density at radius 1 is 1.33 bits per heavy atom. The maximum atomic E-state index is 8.91. The highest BCUT2D eigenvalue weighted by molar-refractivity contribution is 7.10. The third-order valence-corrected chi connectivity index (χ3v) is 7.98. The van der Waals surface area contributed by atoms with E-state index in [-0.39, 0.29) is 6.61 Å². The summed E-state index contributed by atoms with van der Waals surface area (Å²) in [4.78, 5) is 0. The first-order valence-electron chi connectivity index (χ1n) is 10.5. The van der Waals surface area contributed by atoms with Gasteiger partial charge in [-0.25, -0.2) is 0 Å². The van der Waals surface area contributed by atoms with E-state index in [0.29, 0.717) is 24.5 Å². The maximum Gasteiger partial charge on any atom is 0.122 e. The molecule has 0 spiro atoms. The molecule has 1 N–H and O–H groups in total. The highest BCUT2D eigenvalue weighted by Gasteiger charge is 2.54. The first-order chi connectivity index (χ1) is 13.1. The Kier molecular flexibility index (Phi) is 5.65. The molecular weight excluding hydrogens is 355 g/mol. The summed E-state index contributed by atoms with van der Waals surface area (Å²) in [6.07, 6.45) is 8.58. The number of aliphatic hydroxyl groups excluding tert-OH is 1. The summed E-state index contributed by atoms with van der Waals surface area (Å²) < 4.78 is 10.9. The number of ether oxygens (including phenoxy) is 1. The van der Waals surface area contributed by atoms with Crippen LogP contribution in [-0.4, -0.2) is 24.9 Å². The van der Waals surface area contributed by atoms with E-state index in [1.54, 1.807) is 11.1 Å². The highest BCUT2D eigenvalue weighted by atomic mass is 31.0. The van der Waals surface area contributed by atoms with Crippen LogP contribution in [0.1, 0.15) is 56.6 Å². The van der Waals surface area contributed by atoms with E-state index < -0.39 is 0 Å². The van der Waals surface area contributed by atoms with E-state index in [9.17, 15) is 0 Å². The molecule has 2 saturated carbocycles. The molecule has 0 bridgehead atoms. The lowest BCUT2D eigenvalue weighted by Crippen LogP contribution is -2.43. The van der Waals surface area contributed by atoms with Gasteiger partial charge in [-0.05, 0) is 84.5 Å². The van der Waals surface area contributed by atoms with Crippen LogP contribution in [0.25, 0.3) is 0 Å². The molecule has 3 nitrogen and oxygen atoms in total. The zero-order valence-electron chi connectivity index (χ0n) is 16.6. The minimum atomic E-state index is 0.104. The number of allylic oxidation sites excluding steroid dienone is 1. The quantitative estimate of drug-likeness (QED) is 0.443. The van der Waals surface area contributed by atoms with Gasteiger partial charge in [0, 0.05) is 0 Å². The summed E-state index contributed by atoms with van der Waals surface area (Å²) in [5.74, 6) is 3.94. The van der Waals surface area contributed by atoms with E-state index in [2.05, 4.69) is 47.6 Å². The first kappa shape index (κ1) is 19.4. The summed E-state index contributed by atoms with van der Waals surface area (Å²) in [5, 5.41) is 8.91. The molecule has 0 aliphatic heterocycles. The smallest absolute Gasteiger partial charge is 0.122 e. The largest absolute Gasteiger partial charge is 0.480 e. The van der Waals surface area contributed by atoms with Gasteiger partial charge in [0.25, 0.3) is 0 Å². The van der Waals surface area contributed by atoms with Crippen LogP contribution in [-0.2, 0) is 11.2 Å². The maximum absolute atomic E-state index is 8.91. The Morgan fingerprint density at radius 3 is 2.96 bits per heavy atom. The molecule has 0 saturated heterocycles. The van der Waals surface area contributed by atoms with E-state index >= 15 is 0 Å². The zero-order valence-corrected chi connectivity index (χ0v) is 17.8. The average molecular weight is 388 g/mol. The van der Waals surface area contributed by atoms with Crippen molar-refractivity contribution in [2.75, 3.05) is 19.8 Å². The van der Waals surface area contributed by atoms with Crippen molar-refractivity contribution in [1.82, 2.24) is 0 Å². The lowest BCUT2D eigenvalue weighted by molar-refractivity contribution is 0.0482. The molecule has 3 aliphatic carbocycles. The number of hydrogen-bond donors (Lipinski definition) is 1. The van der Waals surface area contributed by atoms with Gasteiger partial charge in [0.2, 0.25) is 0 Å². The van der Waals surface area contributed by atoms with Gasteiger partial charge in [0.1, 0.15) is 5.75 Å². The lowest BCUT2D eigenvalue weighted by Gasteiger charge is -2.52. The molecule has 0 radical (unpaired) electrons. The monoisotopic (exact) mass is 388 g/mol. The van der Waals surface area contributed by atoms with Crippen molar-refractivity contribution in [2.24, 2.45) is 23.2 Å². The predicted octanol–water partition coefficient (Wildman–Crippen LogP) is 4.89. The van der Waals surface area contributed by atoms with Crippen molar-refractivity contribution >= 4 is 9.47 Å². The molecule has 1 aromatic carbocycles. The first-order valence-corrected chi connectivity index (χ1v) is 10.9. The van der Waals surface area contributed by atoms with Gasteiger partial charge in [-0.15, -0.1) is 0 Å². The second kappa shape index (κ2) is 7.85. The van der Waals surface area contributed by atoms with Gasteiger partial charge in [-0.2, -0.15) is 0 Å². The van der Waals surface area contributed by atoms with Crippen LogP contribution in [0.15, 0.2) is 29.8 Å². The second-order valence-electron chi connectivity index (χ2n) is 8.97. The molecule has 3 aliphatic rings. The van der Waals surface area contributed by atoms with Gasteiger partial charge in [0.05, 0.1) is 29.3 Å². The third-order valence-electron chi connectivity index (χ3n) is 7.71. The fraction of sp³-hybridized carbons (Fsp3) is 0.652. The molecule has 0 heterocycles. The van der Waals surface area contributed by atoms with Gasteiger partial charge in [-0.1, -0.05) is 31.6 Å².